The van der Waals surface area contributed by atoms with E-state index in [1.165, 1.54) is 0 Å². The van der Waals surface area contributed by atoms with Crippen LogP contribution < -0.4 is 0 Å². The second kappa shape index (κ2) is 6.89. The molecule has 0 unspecified atom stereocenters. The number of halogens is 4. The number of benzene rings is 2. The molecule has 4 nitrogen and oxygen atoms in total. The molecule has 0 spiro atoms. The van der Waals surface area contributed by atoms with Crippen LogP contribution in [0, 0.1) is 6.92 Å². The molecule has 0 radical (unpaired) electrons. The van der Waals surface area contributed by atoms with E-state index in [-0.39, 0.29) is 5.69 Å². The zero-order valence-corrected chi connectivity index (χ0v) is 15.7. The molecule has 0 saturated carbocycles. The average molecular weight is 416 g/mol. The highest BCUT2D eigenvalue weighted by Gasteiger charge is 2.23. The van der Waals surface area contributed by atoms with Crippen LogP contribution in [0.5, 0.6) is 0 Å². The van der Waals surface area contributed by atoms with Gasteiger partial charge in [-0.05, 0) is 36.8 Å². The lowest BCUT2D eigenvalue weighted by atomic mass is 9.99. The predicted molar refractivity (Wildman–Crippen MR) is 101 cm³/mol. The number of aromatic nitrogens is 2. The molecular weight excluding hydrogens is 406 g/mol. The third-order valence-corrected chi connectivity index (χ3v) is 4.87. The summed E-state index contributed by atoms with van der Waals surface area (Å²) in [5.74, 6) is -1.17. The number of hydrogen-bond acceptors (Lipinski definition) is 2. The quantitative estimate of drug-likeness (QED) is 0.555. The van der Waals surface area contributed by atoms with Gasteiger partial charge in [0, 0.05) is 38.5 Å². The largest absolute Gasteiger partial charge is 0.476 e. The zero-order valence-electron chi connectivity index (χ0n) is 12.7. The summed E-state index contributed by atoms with van der Waals surface area (Å²) in [4.78, 5) is 11.3. The fourth-order valence-corrected chi connectivity index (χ4v) is 3.55. The molecule has 0 aliphatic rings. The second-order valence-electron chi connectivity index (χ2n) is 5.31. The van der Waals surface area contributed by atoms with Crippen LogP contribution in [-0.2, 0) is 0 Å². The minimum absolute atomic E-state index is 0.135. The number of rotatable bonds is 3. The summed E-state index contributed by atoms with van der Waals surface area (Å²) in [6, 6.07) is 10.5. The maximum absolute atomic E-state index is 11.3. The second-order valence-corrected chi connectivity index (χ2v) is 6.88. The molecule has 0 bridgehead atoms. The van der Waals surface area contributed by atoms with Gasteiger partial charge in [-0.2, -0.15) is 4.20 Å². The third-order valence-electron chi connectivity index (χ3n) is 3.75. The van der Waals surface area contributed by atoms with Gasteiger partial charge < -0.3 is 5.11 Å². The lowest BCUT2D eigenvalue weighted by molar-refractivity contribution is 0.0689. The Hall–Kier alpha value is -1.72. The van der Waals surface area contributed by atoms with Gasteiger partial charge >= 0.3 is 5.97 Å². The van der Waals surface area contributed by atoms with Gasteiger partial charge in [-0.3, -0.25) is 0 Å². The summed E-state index contributed by atoms with van der Waals surface area (Å²) >= 11 is 24.7. The van der Waals surface area contributed by atoms with Gasteiger partial charge in [0.25, 0.3) is 0 Å². The fourth-order valence-electron chi connectivity index (χ4n) is 2.55. The molecule has 0 saturated heterocycles. The van der Waals surface area contributed by atoms with Gasteiger partial charge in [-0.15, -0.1) is 5.10 Å². The predicted octanol–water partition coefficient (Wildman–Crippen LogP) is 6.19. The van der Waals surface area contributed by atoms with Gasteiger partial charge in [-0.25, -0.2) is 4.79 Å². The van der Waals surface area contributed by atoms with Gasteiger partial charge in [0.2, 0.25) is 0 Å². The average Bonchev–Trinajstić information content (AvgIpc) is 2.84. The molecule has 25 heavy (non-hydrogen) atoms. The third kappa shape index (κ3) is 3.35. The van der Waals surface area contributed by atoms with Gasteiger partial charge in [0.1, 0.15) is 0 Å². The normalized spacial score (nSPS) is 10.9. The monoisotopic (exact) mass is 414 g/mol. The summed E-state index contributed by atoms with van der Waals surface area (Å²) in [5.41, 5.74) is 2.76. The smallest absolute Gasteiger partial charge is 0.356 e. The van der Waals surface area contributed by atoms with Crippen molar-refractivity contribution in [3.8, 4) is 22.4 Å². The van der Waals surface area contributed by atoms with Crippen LogP contribution in [0.15, 0.2) is 36.4 Å². The number of carbonyl (C=O) groups is 1. The maximum Gasteiger partial charge on any atom is 0.356 e. The van der Waals surface area contributed by atoms with E-state index >= 15 is 0 Å². The molecule has 3 rings (SSSR count). The SMILES string of the molecule is Cc1c(C(=O)O)nn(Cl)c1-c1cc(-c2ccc(Cl)cc2)c(Cl)cc1Cl. The molecule has 3 aromatic rings. The Bertz CT molecular complexity index is 981. The first kappa shape index (κ1) is 18.1. The Labute approximate surface area is 163 Å². The molecule has 1 heterocycles. The Morgan fingerprint density at radius 2 is 1.64 bits per heavy atom. The van der Waals surface area contributed by atoms with Crippen LogP contribution in [0.25, 0.3) is 22.4 Å². The van der Waals surface area contributed by atoms with Crippen molar-refractivity contribution >= 4 is 52.5 Å². The molecule has 0 atom stereocenters. The van der Waals surface area contributed by atoms with E-state index in [4.69, 9.17) is 46.6 Å². The van der Waals surface area contributed by atoms with Crippen molar-refractivity contribution in [3.05, 3.63) is 62.7 Å². The summed E-state index contributed by atoms with van der Waals surface area (Å²) < 4.78 is 0.986. The standard InChI is InChI=1S/C17H10Cl4N2O2/c1-8-15(17(24)25)22-23(21)16(8)12-6-11(13(19)7-14(12)20)9-2-4-10(18)5-3-9/h2-7H,1H3,(H,24,25). The van der Waals surface area contributed by atoms with Gasteiger partial charge in [0.05, 0.1) is 10.7 Å². The lowest BCUT2D eigenvalue weighted by Gasteiger charge is -2.11. The van der Waals surface area contributed by atoms with E-state index < -0.39 is 5.97 Å². The van der Waals surface area contributed by atoms with E-state index in [1.807, 2.05) is 12.1 Å². The number of carboxylic acids is 1. The van der Waals surface area contributed by atoms with Crippen molar-refractivity contribution in [2.24, 2.45) is 0 Å². The topological polar surface area (TPSA) is 55.1 Å². The molecule has 0 amide bonds. The van der Waals surface area contributed by atoms with Crippen molar-refractivity contribution in [2.45, 2.75) is 6.92 Å². The summed E-state index contributed by atoms with van der Waals surface area (Å²) in [6.07, 6.45) is 0. The Balaban J connectivity index is 2.23. The summed E-state index contributed by atoms with van der Waals surface area (Å²) in [5, 5.41) is 14.5. The molecule has 0 aliphatic heterocycles. The molecule has 1 N–H and O–H groups in total. The first-order valence-electron chi connectivity index (χ1n) is 7.04. The van der Waals surface area contributed by atoms with Gasteiger partial charge in [-0.1, -0.05) is 46.9 Å². The molecule has 1 aromatic heterocycles. The van der Waals surface area contributed by atoms with Gasteiger partial charge in [0.15, 0.2) is 5.69 Å². The minimum atomic E-state index is -1.17. The summed E-state index contributed by atoms with van der Waals surface area (Å²) in [6.45, 7) is 1.62. The molecule has 2 aromatic carbocycles. The van der Waals surface area contributed by atoms with E-state index in [1.54, 1.807) is 31.2 Å². The van der Waals surface area contributed by atoms with Crippen molar-refractivity contribution < 1.29 is 9.90 Å². The molecule has 0 aliphatic carbocycles. The minimum Gasteiger partial charge on any atom is -0.476 e. The fraction of sp³-hybridized carbons (Fsp3) is 0.0588. The van der Waals surface area contributed by atoms with Crippen molar-refractivity contribution in [3.63, 3.8) is 0 Å². The Kier molecular flexibility index (Phi) is 4.98. The molecule has 8 heteroatoms. The first-order valence-corrected chi connectivity index (χ1v) is 8.51. The first-order chi connectivity index (χ1) is 11.8. The van der Waals surface area contributed by atoms with Crippen molar-refractivity contribution in [1.82, 2.24) is 9.30 Å². The van der Waals surface area contributed by atoms with E-state index in [0.29, 0.717) is 37.5 Å². The molecule has 0 fully saturated rings. The summed E-state index contributed by atoms with van der Waals surface area (Å²) in [7, 11) is 0. The highest BCUT2D eigenvalue weighted by Crippen LogP contribution is 2.39. The lowest BCUT2D eigenvalue weighted by Crippen LogP contribution is -1.99. The number of carboxylic acid groups (broad SMARTS) is 1. The Morgan fingerprint density at radius 3 is 2.20 bits per heavy atom. The highest BCUT2D eigenvalue weighted by atomic mass is 35.5. The van der Waals surface area contributed by atoms with E-state index in [0.717, 1.165) is 9.76 Å². The maximum atomic E-state index is 11.3. The highest BCUT2D eigenvalue weighted by molar-refractivity contribution is 6.38. The number of aromatic carboxylic acids is 1. The Morgan fingerprint density at radius 1 is 1.04 bits per heavy atom. The van der Waals surface area contributed by atoms with Crippen LogP contribution in [0.2, 0.25) is 15.1 Å². The van der Waals surface area contributed by atoms with Crippen LogP contribution in [0.1, 0.15) is 16.1 Å². The van der Waals surface area contributed by atoms with Crippen LogP contribution >= 0.6 is 46.6 Å². The zero-order chi connectivity index (χ0) is 18.3. The van der Waals surface area contributed by atoms with E-state index in [9.17, 15) is 9.90 Å². The molecule has 128 valence electrons. The van der Waals surface area contributed by atoms with Crippen molar-refractivity contribution in [2.75, 3.05) is 0 Å². The van der Waals surface area contributed by atoms with Crippen LogP contribution in [-0.4, -0.2) is 20.4 Å². The van der Waals surface area contributed by atoms with E-state index in [2.05, 4.69) is 5.10 Å². The van der Waals surface area contributed by atoms with Crippen LogP contribution in [0.4, 0.5) is 0 Å². The van der Waals surface area contributed by atoms with Crippen LogP contribution in [0.3, 0.4) is 0 Å². The molecular formula is C17H10Cl4N2O2. The number of hydrogen-bond donors (Lipinski definition) is 1. The van der Waals surface area contributed by atoms with Crippen molar-refractivity contribution in [1.29, 1.82) is 0 Å². The number of nitrogens with zero attached hydrogens (tertiary/aromatic N) is 2.